The number of halogens is 1. The highest BCUT2D eigenvalue weighted by atomic mass is 35.5. The molecule has 2 rings (SSSR count). The standard InChI is InChI=1S/C17H18ClNO/c1-3-10-20-17-7-5-4-6-14(17)12-19-16-11-15(18)9-8-13(16)2/h4-9,11-12H,3,10H2,1-2H3. The first kappa shape index (κ1) is 14.6. The number of aliphatic imine (C=N–C) groups is 1. The molecule has 2 aromatic carbocycles. The molecule has 2 aromatic rings. The van der Waals surface area contributed by atoms with Gasteiger partial charge in [0.15, 0.2) is 0 Å². The van der Waals surface area contributed by atoms with Crippen molar-refractivity contribution >= 4 is 23.5 Å². The van der Waals surface area contributed by atoms with Crippen molar-refractivity contribution in [2.24, 2.45) is 4.99 Å². The third-order valence-electron chi connectivity index (χ3n) is 2.89. The summed E-state index contributed by atoms with van der Waals surface area (Å²) in [6.07, 6.45) is 2.81. The van der Waals surface area contributed by atoms with E-state index in [4.69, 9.17) is 16.3 Å². The molecule has 0 aliphatic heterocycles. The van der Waals surface area contributed by atoms with Crippen LogP contribution < -0.4 is 4.74 Å². The predicted octanol–water partition coefficient (Wildman–Crippen LogP) is 5.19. The predicted molar refractivity (Wildman–Crippen MR) is 85.7 cm³/mol. The Morgan fingerprint density at radius 1 is 1.20 bits per heavy atom. The average Bonchev–Trinajstić information content (AvgIpc) is 2.47. The first-order valence-corrected chi connectivity index (χ1v) is 7.10. The van der Waals surface area contributed by atoms with E-state index in [0.29, 0.717) is 11.6 Å². The molecule has 0 saturated carbocycles. The SMILES string of the molecule is CCCOc1ccccc1C=Nc1cc(Cl)ccc1C. The van der Waals surface area contributed by atoms with Gasteiger partial charge in [0.25, 0.3) is 0 Å². The van der Waals surface area contributed by atoms with E-state index in [2.05, 4.69) is 11.9 Å². The van der Waals surface area contributed by atoms with Crippen LogP contribution in [0.2, 0.25) is 5.02 Å². The van der Waals surface area contributed by atoms with Crippen molar-refractivity contribution in [3.63, 3.8) is 0 Å². The van der Waals surface area contributed by atoms with Crippen molar-refractivity contribution in [3.8, 4) is 5.75 Å². The minimum absolute atomic E-state index is 0.693. The number of rotatable bonds is 5. The lowest BCUT2D eigenvalue weighted by Crippen LogP contribution is -1.98. The molecule has 0 unspecified atom stereocenters. The van der Waals surface area contributed by atoms with Crippen LogP contribution in [0.15, 0.2) is 47.5 Å². The lowest BCUT2D eigenvalue weighted by molar-refractivity contribution is 0.317. The third kappa shape index (κ3) is 3.84. The third-order valence-corrected chi connectivity index (χ3v) is 3.13. The molecule has 0 radical (unpaired) electrons. The monoisotopic (exact) mass is 287 g/mol. The molecule has 104 valence electrons. The second kappa shape index (κ2) is 7.11. The summed E-state index contributed by atoms with van der Waals surface area (Å²) in [7, 11) is 0. The van der Waals surface area contributed by atoms with Crippen LogP contribution in [0.5, 0.6) is 5.75 Å². The molecule has 0 aliphatic carbocycles. The fourth-order valence-electron chi connectivity index (χ4n) is 1.79. The van der Waals surface area contributed by atoms with E-state index in [1.807, 2.05) is 55.6 Å². The van der Waals surface area contributed by atoms with Crippen molar-refractivity contribution in [1.29, 1.82) is 0 Å². The molecule has 0 fully saturated rings. The number of para-hydroxylation sites is 1. The number of aryl methyl sites for hydroxylation is 1. The Bertz CT molecular complexity index is 608. The molecule has 0 heterocycles. The summed E-state index contributed by atoms with van der Waals surface area (Å²) in [4.78, 5) is 4.52. The number of ether oxygens (including phenoxy) is 1. The Morgan fingerprint density at radius 3 is 2.80 bits per heavy atom. The Morgan fingerprint density at radius 2 is 2.00 bits per heavy atom. The van der Waals surface area contributed by atoms with Crippen LogP contribution in [0, 0.1) is 6.92 Å². The minimum Gasteiger partial charge on any atom is -0.493 e. The lowest BCUT2D eigenvalue weighted by atomic mass is 10.2. The van der Waals surface area contributed by atoms with Gasteiger partial charge in [-0.05, 0) is 43.2 Å². The molecule has 3 heteroatoms. The van der Waals surface area contributed by atoms with Gasteiger partial charge in [-0.15, -0.1) is 0 Å². The van der Waals surface area contributed by atoms with Crippen LogP contribution in [-0.4, -0.2) is 12.8 Å². The van der Waals surface area contributed by atoms with Crippen LogP contribution in [0.3, 0.4) is 0 Å². The average molecular weight is 288 g/mol. The Hall–Kier alpha value is -1.80. The Labute approximate surface area is 125 Å². The van der Waals surface area contributed by atoms with Crippen LogP contribution in [0.4, 0.5) is 5.69 Å². The minimum atomic E-state index is 0.693. The maximum absolute atomic E-state index is 6.00. The van der Waals surface area contributed by atoms with Crippen molar-refractivity contribution in [3.05, 3.63) is 58.6 Å². The van der Waals surface area contributed by atoms with Gasteiger partial charge in [0, 0.05) is 16.8 Å². The van der Waals surface area contributed by atoms with Crippen LogP contribution in [0.25, 0.3) is 0 Å². The highest BCUT2D eigenvalue weighted by Crippen LogP contribution is 2.24. The number of benzene rings is 2. The maximum atomic E-state index is 6.00. The first-order chi connectivity index (χ1) is 9.70. The van der Waals surface area contributed by atoms with Crippen LogP contribution >= 0.6 is 11.6 Å². The smallest absolute Gasteiger partial charge is 0.128 e. The van der Waals surface area contributed by atoms with Crippen molar-refractivity contribution in [2.45, 2.75) is 20.3 Å². The fourth-order valence-corrected chi connectivity index (χ4v) is 1.96. The molecule has 0 N–H and O–H groups in total. The molecular weight excluding hydrogens is 270 g/mol. The number of hydrogen-bond acceptors (Lipinski definition) is 2. The van der Waals surface area contributed by atoms with Gasteiger partial charge in [0.1, 0.15) is 5.75 Å². The van der Waals surface area contributed by atoms with E-state index in [-0.39, 0.29) is 0 Å². The topological polar surface area (TPSA) is 21.6 Å². The summed E-state index contributed by atoms with van der Waals surface area (Å²) in [5, 5.41) is 0.693. The molecular formula is C17H18ClNO. The fraction of sp³-hybridized carbons (Fsp3) is 0.235. The van der Waals surface area contributed by atoms with Gasteiger partial charge in [0.2, 0.25) is 0 Å². The molecule has 20 heavy (non-hydrogen) atoms. The summed E-state index contributed by atoms with van der Waals surface area (Å²) >= 11 is 6.00. The molecule has 0 bridgehead atoms. The number of nitrogens with zero attached hydrogens (tertiary/aromatic N) is 1. The molecule has 0 atom stereocenters. The zero-order valence-corrected chi connectivity index (χ0v) is 12.5. The van der Waals surface area contributed by atoms with Crippen LogP contribution in [0.1, 0.15) is 24.5 Å². The zero-order chi connectivity index (χ0) is 14.4. The lowest BCUT2D eigenvalue weighted by Gasteiger charge is -2.07. The van der Waals surface area contributed by atoms with E-state index >= 15 is 0 Å². The van der Waals surface area contributed by atoms with Gasteiger partial charge in [-0.2, -0.15) is 0 Å². The molecule has 0 amide bonds. The maximum Gasteiger partial charge on any atom is 0.128 e. The molecule has 0 aromatic heterocycles. The van der Waals surface area contributed by atoms with E-state index < -0.39 is 0 Å². The highest BCUT2D eigenvalue weighted by molar-refractivity contribution is 6.30. The Kier molecular flexibility index (Phi) is 5.19. The van der Waals surface area contributed by atoms with E-state index in [1.54, 1.807) is 0 Å². The van der Waals surface area contributed by atoms with Gasteiger partial charge < -0.3 is 4.74 Å². The molecule has 0 aliphatic rings. The first-order valence-electron chi connectivity index (χ1n) is 6.72. The quantitative estimate of drug-likeness (QED) is 0.694. The summed E-state index contributed by atoms with van der Waals surface area (Å²) in [6.45, 7) is 4.82. The van der Waals surface area contributed by atoms with Crippen molar-refractivity contribution < 1.29 is 4.74 Å². The largest absolute Gasteiger partial charge is 0.493 e. The van der Waals surface area contributed by atoms with Gasteiger partial charge >= 0.3 is 0 Å². The second-order valence-corrected chi connectivity index (χ2v) is 5.01. The van der Waals surface area contributed by atoms with Crippen LogP contribution in [-0.2, 0) is 0 Å². The Balaban J connectivity index is 2.24. The van der Waals surface area contributed by atoms with E-state index in [9.17, 15) is 0 Å². The molecule has 2 nitrogen and oxygen atoms in total. The van der Waals surface area contributed by atoms with E-state index in [0.717, 1.165) is 29.0 Å². The number of hydrogen-bond donors (Lipinski definition) is 0. The van der Waals surface area contributed by atoms with E-state index in [1.165, 1.54) is 0 Å². The summed E-state index contributed by atoms with van der Waals surface area (Å²) in [5.41, 5.74) is 2.95. The second-order valence-electron chi connectivity index (χ2n) is 4.58. The summed E-state index contributed by atoms with van der Waals surface area (Å²) in [6, 6.07) is 13.6. The summed E-state index contributed by atoms with van der Waals surface area (Å²) in [5.74, 6) is 0.859. The van der Waals surface area contributed by atoms with Crippen molar-refractivity contribution in [2.75, 3.05) is 6.61 Å². The highest BCUT2D eigenvalue weighted by Gasteiger charge is 2.01. The van der Waals surface area contributed by atoms with Gasteiger partial charge in [-0.1, -0.05) is 36.7 Å². The van der Waals surface area contributed by atoms with Gasteiger partial charge in [0.05, 0.1) is 12.3 Å². The summed E-state index contributed by atoms with van der Waals surface area (Å²) < 4.78 is 5.71. The van der Waals surface area contributed by atoms with Crippen molar-refractivity contribution in [1.82, 2.24) is 0 Å². The van der Waals surface area contributed by atoms with Gasteiger partial charge in [-0.25, -0.2) is 0 Å². The zero-order valence-electron chi connectivity index (χ0n) is 11.8. The van der Waals surface area contributed by atoms with Gasteiger partial charge in [-0.3, -0.25) is 4.99 Å². The molecule has 0 spiro atoms. The normalized spacial score (nSPS) is 10.9. The molecule has 0 saturated heterocycles.